The predicted octanol–water partition coefficient (Wildman–Crippen LogP) is 1.19. The Morgan fingerprint density at radius 1 is 1.42 bits per heavy atom. The van der Waals surface area contributed by atoms with Crippen molar-refractivity contribution in [1.82, 2.24) is 0 Å². The lowest BCUT2D eigenvalue weighted by molar-refractivity contribution is -0.115. The fourth-order valence-electron chi connectivity index (χ4n) is 0.563. The summed E-state index contributed by atoms with van der Waals surface area (Å²) in [4.78, 5) is 9.22. The number of phenols is 1. The molecule has 1 rings (SSSR count). The van der Waals surface area contributed by atoms with Crippen LogP contribution >= 0.6 is 0 Å². The number of para-hydroxylation sites is 1. The molecule has 3 heteroatoms. The number of carbonyl (C=O) groups is 1. The molecule has 3 nitrogen and oxygen atoms in total. The molecule has 0 saturated heterocycles. The normalized spacial score (nSPS) is 8.17. The van der Waals surface area contributed by atoms with Crippen LogP contribution in [0.25, 0.3) is 0 Å². The molecule has 0 aliphatic carbocycles. The van der Waals surface area contributed by atoms with Crippen LogP contribution in [0.3, 0.4) is 0 Å². The highest BCUT2D eigenvalue weighted by atomic mass is 16.3. The minimum absolute atomic E-state index is 0.333. The summed E-state index contributed by atoms with van der Waals surface area (Å²) in [5.41, 5.74) is 5.40. The standard InChI is InChI=1S/C7H8O.C2H5NO/c1-6-4-2-3-5-7(6)8;1-2(3)4/h2-5,8H,1H3;1H3,(H2,3,4). The van der Waals surface area contributed by atoms with Crippen LogP contribution in [0.4, 0.5) is 0 Å². The monoisotopic (exact) mass is 167 g/mol. The molecule has 0 aliphatic heterocycles. The number of amides is 1. The van der Waals surface area contributed by atoms with Crippen LogP contribution in [-0.2, 0) is 4.79 Å². The van der Waals surface area contributed by atoms with Crippen molar-refractivity contribution in [2.75, 3.05) is 0 Å². The highest BCUT2D eigenvalue weighted by Crippen LogP contribution is 2.12. The Balaban J connectivity index is 0.000000261. The summed E-state index contributed by atoms with van der Waals surface area (Å²) < 4.78 is 0. The Kier molecular flexibility index (Phi) is 4.53. The van der Waals surface area contributed by atoms with Crippen LogP contribution in [-0.4, -0.2) is 11.0 Å². The van der Waals surface area contributed by atoms with Crippen molar-refractivity contribution in [2.45, 2.75) is 13.8 Å². The molecule has 0 spiro atoms. The second-order valence-electron chi connectivity index (χ2n) is 2.40. The van der Waals surface area contributed by atoms with Crippen molar-refractivity contribution in [2.24, 2.45) is 5.73 Å². The lowest BCUT2D eigenvalue weighted by atomic mass is 10.2. The van der Waals surface area contributed by atoms with Gasteiger partial charge in [-0.25, -0.2) is 0 Å². The van der Waals surface area contributed by atoms with E-state index in [9.17, 15) is 4.79 Å². The highest BCUT2D eigenvalue weighted by molar-refractivity contribution is 5.70. The lowest BCUT2D eigenvalue weighted by Gasteiger charge is -1.92. The second kappa shape index (κ2) is 5.18. The van der Waals surface area contributed by atoms with Gasteiger partial charge in [-0.1, -0.05) is 18.2 Å². The largest absolute Gasteiger partial charge is 0.508 e. The highest BCUT2D eigenvalue weighted by Gasteiger charge is 1.86. The van der Waals surface area contributed by atoms with Crippen molar-refractivity contribution in [3.63, 3.8) is 0 Å². The van der Waals surface area contributed by atoms with E-state index in [-0.39, 0.29) is 5.91 Å². The molecule has 0 heterocycles. The van der Waals surface area contributed by atoms with Gasteiger partial charge in [-0.2, -0.15) is 0 Å². The summed E-state index contributed by atoms with van der Waals surface area (Å²) in [6, 6.07) is 7.25. The number of phenolic OH excluding ortho intramolecular Hbond substituents is 1. The number of aromatic hydroxyl groups is 1. The quantitative estimate of drug-likeness (QED) is 0.609. The Bertz CT molecular complexity index is 233. The Hall–Kier alpha value is -1.51. The van der Waals surface area contributed by atoms with Crippen LogP contribution in [0.1, 0.15) is 12.5 Å². The van der Waals surface area contributed by atoms with Gasteiger partial charge in [-0.05, 0) is 18.6 Å². The minimum atomic E-state index is -0.333. The van der Waals surface area contributed by atoms with Gasteiger partial charge in [0.25, 0.3) is 0 Å². The fraction of sp³-hybridized carbons (Fsp3) is 0.222. The first-order valence-electron chi connectivity index (χ1n) is 3.54. The predicted molar refractivity (Wildman–Crippen MR) is 47.7 cm³/mol. The summed E-state index contributed by atoms with van der Waals surface area (Å²) in [5, 5.41) is 8.92. The van der Waals surface area contributed by atoms with E-state index in [1.807, 2.05) is 25.1 Å². The Morgan fingerprint density at radius 3 is 2.08 bits per heavy atom. The molecule has 0 radical (unpaired) electrons. The maximum absolute atomic E-state index is 9.22. The molecule has 0 bridgehead atoms. The van der Waals surface area contributed by atoms with Gasteiger partial charge in [-0.3, -0.25) is 4.79 Å². The van der Waals surface area contributed by atoms with Crippen LogP contribution in [0.15, 0.2) is 24.3 Å². The molecule has 1 aromatic carbocycles. The van der Waals surface area contributed by atoms with Crippen molar-refractivity contribution < 1.29 is 9.90 Å². The third kappa shape index (κ3) is 5.29. The van der Waals surface area contributed by atoms with Crippen molar-refractivity contribution in [1.29, 1.82) is 0 Å². The number of hydrogen-bond donors (Lipinski definition) is 2. The molecule has 0 unspecified atom stereocenters. The van der Waals surface area contributed by atoms with E-state index in [1.165, 1.54) is 6.92 Å². The first-order chi connectivity index (χ1) is 5.54. The van der Waals surface area contributed by atoms with Crippen molar-refractivity contribution in [3.05, 3.63) is 29.8 Å². The van der Waals surface area contributed by atoms with Gasteiger partial charge in [-0.15, -0.1) is 0 Å². The SMILES string of the molecule is CC(N)=O.Cc1ccccc1O. The Morgan fingerprint density at radius 2 is 1.83 bits per heavy atom. The maximum Gasteiger partial charge on any atom is 0.214 e. The molecular weight excluding hydrogens is 154 g/mol. The third-order valence-electron chi connectivity index (χ3n) is 1.12. The molecule has 66 valence electrons. The van der Waals surface area contributed by atoms with Gasteiger partial charge >= 0.3 is 0 Å². The molecule has 1 amide bonds. The van der Waals surface area contributed by atoms with E-state index in [2.05, 4.69) is 5.73 Å². The Labute approximate surface area is 71.8 Å². The van der Waals surface area contributed by atoms with Crippen LogP contribution in [0.5, 0.6) is 5.75 Å². The van der Waals surface area contributed by atoms with Gasteiger partial charge in [0.1, 0.15) is 5.75 Å². The van der Waals surface area contributed by atoms with Crippen molar-refractivity contribution in [3.8, 4) is 5.75 Å². The smallest absolute Gasteiger partial charge is 0.214 e. The van der Waals surface area contributed by atoms with Gasteiger partial charge in [0.2, 0.25) is 5.91 Å². The first kappa shape index (κ1) is 10.5. The van der Waals surface area contributed by atoms with E-state index < -0.39 is 0 Å². The summed E-state index contributed by atoms with van der Waals surface area (Å²) in [5.74, 6) is 0.0347. The zero-order chi connectivity index (χ0) is 9.56. The number of nitrogens with two attached hydrogens (primary N) is 1. The first-order valence-corrected chi connectivity index (χ1v) is 3.54. The fourth-order valence-corrected chi connectivity index (χ4v) is 0.563. The summed E-state index contributed by atoms with van der Waals surface area (Å²) in [7, 11) is 0. The summed E-state index contributed by atoms with van der Waals surface area (Å²) in [6.07, 6.45) is 0. The summed E-state index contributed by atoms with van der Waals surface area (Å²) >= 11 is 0. The van der Waals surface area contributed by atoms with Crippen LogP contribution < -0.4 is 5.73 Å². The number of primary amides is 1. The third-order valence-corrected chi connectivity index (χ3v) is 1.12. The molecule has 1 aromatic rings. The molecule has 3 N–H and O–H groups in total. The van der Waals surface area contributed by atoms with Gasteiger partial charge in [0.05, 0.1) is 0 Å². The van der Waals surface area contributed by atoms with Gasteiger partial charge in [0.15, 0.2) is 0 Å². The molecule has 0 saturated carbocycles. The van der Waals surface area contributed by atoms with E-state index in [1.54, 1.807) is 6.07 Å². The van der Waals surface area contributed by atoms with Crippen LogP contribution in [0, 0.1) is 6.92 Å². The second-order valence-corrected chi connectivity index (χ2v) is 2.40. The van der Waals surface area contributed by atoms with Gasteiger partial charge in [0, 0.05) is 6.92 Å². The number of benzene rings is 1. The van der Waals surface area contributed by atoms with E-state index >= 15 is 0 Å². The average molecular weight is 167 g/mol. The summed E-state index contributed by atoms with van der Waals surface area (Å²) in [6.45, 7) is 3.18. The maximum atomic E-state index is 9.22. The molecule has 0 aromatic heterocycles. The molecular formula is C9H13NO2. The van der Waals surface area contributed by atoms with E-state index in [0.717, 1.165) is 5.56 Å². The average Bonchev–Trinajstić information content (AvgIpc) is 1.94. The molecule has 0 fully saturated rings. The lowest BCUT2D eigenvalue weighted by Crippen LogP contribution is -2.01. The number of rotatable bonds is 0. The molecule has 0 aliphatic rings. The number of hydrogen-bond acceptors (Lipinski definition) is 2. The number of carbonyl (C=O) groups excluding carboxylic acids is 1. The number of aryl methyl sites for hydroxylation is 1. The zero-order valence-corrected chi connectivity index (χ0v) is 7.24. The zero-order valence-electron chi connectivity index (χ0n) is 7.24. The van der Waals surface area contributed by atoms with Crippen LogP contribution in [0.2, 0.25) is 0 Å². The minimum Gasteiger partial charge on any atom is -0.508 e. The van der Waals surface area contributed by atoms with E-state index in [0.29, 0.717) is 5.75 Å². The topological polar surface area (TPSA) is 63.3 Å². The van der Waals surface area contributed by atoms with Gasteiger partial charge < -0.3 is 10.8 Å². The van der Waals surface area contributed by atoms with Crippen molar-refractivity contribution >= 4 is 5.91 Å². The molecule has 12 heavy (non-hydrogen) atoms. The van der Waals surface area contributed by atoms with E-state index in [4.69, 9.17) is 5.11 Å². The molecule has 0 atom stereocenters.